The first-order valence-corrected chi connectivity index (χ1v) is 5.09. The lowest BCUT2D eigenvalue weighted by atomic mass is 10.2. The highest BCUT2D eigenvalue weighted by atomic mass is 15.2. The van der Waals surface area contributed by atoms with Crippen molar-refractivity contribution >= 4 is 5.52 Å². The van der Waals surface area contributed by atoms with Crippen LogP contribution in [-0.2, 0) is 12.8 Å². The first-order chi connectivity index (χ1) is 6.74. The number of fused-ring (bicyclic) bond motifs is 1. The fraction of sp³-hybridized carbons (Fsp3) is 0.455. The molecular formula is C11H15N3. The Balaban J connectivity index is 2.71. The molecule has 0 bridgehead atoms. The van der Waals surface area contributed by atoms with Gasteiger partial charge in [0.2, 0.25) is 0 Å². The van der Waals surface area contributed by atoms with Crippen LogP contribution in [0.5, 0.6) is 0 Å². The van der Waals surface area contributed by atoms with E-state index in [1.54, 1.807) is 0 Å². The van der Waals surface area contributed by atoms with E-state index in [1.165, 1.54) is 0 Å². The fourth-order valence-corrected chi connectivity index (χ4v) is 1.67. The number of rotatable bonds is 2. The van der Waals surface area contributed by atoms with Crippen LogP contribution in [0.25, 0.3) is 5.52 Å². The number of nitrogens with zero attached hydrogens (tertiary/aromatic N) is 3. The quantitative estimate of drug-likeness (QED) is 0.724. The molecule has 0 spiro atoms. The molecule has 2 aromatic rings. The van der Waals surface area contributed by atoms with Gasteiger partial charge in [-0.05, 0) is 25.8 Å². The molecule has 0 aromatic carbocycles. The molecule has 0 radical (unpaired) electrons. The van der Waals surface area contributed by atoms with Gasteiger partial charge < -0.3 is 0 Å². The molecule has 14 heavy (non-hydrogen) atoms. The third-order valence-electron chi connectivity index (χ3n) is 2.40. The maximum atomic E-state index is 4.51. The van der Waals surface area contributed by atoms with Crippen LogP contribution in [0.15, 0.2) is 12.3 Å². The Morgan fingerprint density at radius 3 is 2.71 bits per heavy atom. The zero-order chi connectivity index (χ0) is 10.1. The SMILES string of the molecule is CCc1cc2c(CC)nc(C)cn2n1. The molecule has 0 saturated heterocycles. The number of hydrogen-bond donors (Lipinski definition) is 0. The third kappa shape index (κ3) is 1.39. The van der Waals surface area contributed by atoms with Gasteiger partial charge >= 0.3 is 0 Å². The van der Waals surface area contributed by atoms with Crippen LogP contribution in [-0.4, -0.2) is 14.6 Å². The Morgan fingerprint density at radius 2 is 2.07 bits per heavy atom. The lowest BCUT2D eigenvalue weighted by Crippen LogP contribution is -1.98. The summed E-state index contributed by atoms with van der Waals surface area (Å²) < 4.78 is 1.94. The molecule has 0 amide bonds. The summed E-state index contributed by atoms with van der Waals surface area (Å²) in [7, 11) is 0. The van der Waals surface area contributed by atoms with E-state index in [1.807, 2.05) is 17.6 Å². The second kappa shape index (κ2) is 3.40. The van der Waals surface area contributed by atoms with E-state index in [2.05, 4.69) is 30.0 Å². The number of hydrogen-bond acceptors (Lipinski definition) is 2. The molecule has 2 aromatic heterocycles. The van der Waals surface area contributed by atoms with Crippen LogP contribution >= 0.6 is 0 Å². The Bertz CT molecular complexity index is 457. The van der Waals surface area contributed by atoms with Gasteiger partial charge in [-0.2, -0.15) is 5.10 Å². The van der Waals surface area contributed by atoms with E-state index in [9.17, 15) is 0 Å². The van der Waals surface area contributed by atoms with Crippen molar-refractivity contribution in [1.29, 1.82) is 0 Å². The van der Waals surface area contributed by atoms with Crippen molar-refractivity contribution in [1.82, 2.24) is 14.6 Å². The van der Waals surface area contributed by atoms with Crippen LogP contribution in [0.2, 0.25) is 0 Å². The molecule has 0 atom stereocenters. The molecule has 0 fully saturated rings. The van der Waals surface area contributed by atoms with Gasteiger partial charge in [0.15, 0.2) is 0 Å². The van der Waals surface area contributed by atoms with Crippen LogP contribution in [0.1, 0.15) is 30.9 Å². The van der Waals surface area contributed by atoms with E-state index in [0.29, 0.717) is 0 Å². The average molecular weight is 189 g/mol. The van der Waals surface area contributed by atoms with Crippen molar-refractivity contribution < 1.29 is 0 Å². The molecule has 74 valence electrons. The first-order valence-electron chi connectivity index (χ1n) is 5.09. The summed E-state index contributed by atoms with van der Waals surface area (Å²) in [5.74, 6) is 0. The summed E-state index contributed by atoms with van der Waals surface area (Å²) in [6.45, 7) is 6.25. The topological polar surface area (TPSA) is 30.2 Å². The van der Waals surface area contributed by atoms with Gasteiger partial charge in [-0.15, -0.1) is 0 Å². The maximum absolute atomic E-state index is 4.51. The zero-order valence-corrected chi connectivity index (χ0v) is 8.91. The minimum atomic E-state index is 0.958. The molecule has 2 rings (SSSR count). The average Bonchev–Trinajstić information content (AvgIpc) is 2.59. The van der Waals surface area contributed by atoms with Gasteiger partial charge in [0.1, 0.15) is 0 Å². The lowest BCUT2D eigenvalue weighted by molar-refractivity contribution is 0.862. The molecule has 0 aliphatic rings. The van der Waals surface area contributed by atoms with Gasteiger partial charge in [-0.1, -0.05) is 13.8 Å². The molecular weight excluding hydrogens is 174 g/mol. The van der Waals surface area contributed by atoms with Crippen LogP contribution in [0, 0.1) is 6.92 Å². The van der Waals surface area contributed by atoms with Crippen molar-refractivity contribution in [3.63, 3.8) is 0 Å². The molecule has 0 aliphatic carbocycles. The highest BCUT2D eigenvalue weighted by molar-refractivity contribution is 5.52. The molecule has 0 saturated carbocycles. The van der Waals surface area contributed by atoms with Crippen molar-refractivity contribution in [3.05, 3.63) is 29.3 Å². The summed E-state index contributed by atoms with van der Waals surface area (Å²) >= 11 is 0. The Hall–Kier alpha value is -1.38. The van der Waals surface area contributed by atoms with E-state index in [0.717, 1.165) is 35.4 Å². The van der Waals surface area contributed by atoms with Crippen LogP contribution in [0.3, 0.4) is 0 Å². The summed E-state index contributed by atoms with van der Waals surface area (Å²) in [5, 5.41) is 4.48. The molecule has 2 heterocycles. The standard InChI is InChI=1S/C11H15N3/c1-4-9-6-11-10(5-2)12-8(3)7-14(11)13-9/h6-7H,4-5H2,1-3H3. The van der Waals surface area contributed by atoms with Gasteiger partial charge in [-0.3, -0.25) is 4.98 Å². The van der Waals surface area contributed by atoms with E-state index >= 15 is 0 Å². The van der Waals surface area contributed by atoms with Crippen LogP contribution < -0.4 is 0 Å². The normalized spacial score (nSPS) is 11.1. The second-order valence-electron chi connectivity index (χ2n) is 3.50. The Labute approximate surface area is 83.8 Å². The summed E-state index contributed by atoms with van der Waals surface area (Å²) in [4.78, 5) is 4.51. The summed E-state index contributed by atoms with van der Waals surface area (Å²) in [5.41, 5.74) is 4.44. The van der Waals surface area contributed by atoms with E-state index in [-0.39, 0.29) is 0 Å². The highest BCUT2D eigenvalue weighted by Crippen LogP contribution is 2.12. The predicted octanol–water partition coefficient (Wildman–Crippen LogP) is 2.16. The monoisotopic (exact) mass is 189 g/mol. The lowest BCUT2D eigenvalue weighted by Gasteiger charge is -2.01. The predicted molar refractivity (Wildman–Crippen MR) is 56.5 cm³/mol. The van der Waals surface area contributed by atoms with Gasteiger partial charge in [0.05, 0.1) is 28.8 Å². The highest BCUT2D eigenvalue weighted by Gasteiger charge is 2.05. The second-order valence-corrected chi connectivity index (χ2v) is 3.50. The largest absolute Gasteiger partial charge is 0.254 e. The van der Waals surface area contributed by atoms with Gasteiger partial charge in [0, 0.05) is 0 Å². The number of aromatic nitrogens is 3. The van der Waals surface area contributed by atoms with Crippen molar-refractivity contribution in [2.24, 2.45) is 0 Å². The molecule has 3 nitrogen and oxygen atoms in total. The molecule has 0 aliphatic heterocycles. The molecule has 0 unspecified atom stereocenters. The van der Waals surface area contributed by atoms with Gasteiger partial charge in [-0.25, -0.2) is 4.52 Å². The summed E-state index contributed by atoms with van der Waals surface area (Å²) in [6, 6.07) is 2.13. The Kier molecular flexibility index (Phi) is 2.23. The maximum Gasteiger partial charge on any atom is 0.0879 e. The first kappa shape index (κ1) is 9.19. The zero-order valence-electron chi connectivity index (χ0n) is 8.91. The Morgan fingerprint density at radius 1 is 1.29 bits per heavy atom. The minimum Gasteiger partial charge on any atom is -0.254 e. The van der Waals surface area contributed by atoms with E-state index in [4.69, 9.17) is 0 Å². The van der Waals surface area contributed by atoms with Crippen molar-refractivity contribution in [2.45, 2.75) is 33.6 Å². The van der Waals surface area contributed by atoms with Crippen LogP contribution in [0.4, 0.5) is 0 Å². The minimum absolute atomic E-state index is 0.958. The fourth-order valence-electron chi connectivity index (χ4n) is 1.67. The number of aryl methyl sites for hydroxylation is 3. The van der Waals surface area contributed by atoms with Gasteiger partial charge in [0.25, 0.3) is 0 Å². The molecule has 0 N–H and O–H groups in total. The smallest absolute Gasteiger partial charge is 0.0879 e. The van der Waals surface area contributed by atoms with Crippen molar-refractivity contribution in [2.75, 3.05) is 0 Å². The third-order valence-corrected chi connectivity index (χ3v) is 2.40. The van der Waals surface area contributed by atoms with Crippen molar-refractivity contribution in [3.8, 4) is 0 Å². The molecule has 3 heteroatoms. The van der Waals surface area contributed by atoms with E-state index < -0.39 is 0 Å². The summed E-state index contributed by atoms with van der Waals surface area (Å²) in [6.07, 6.45) is 3.91.